The lowest BCUT2D eigenvalue weighted by molar-refractivity contribution is 0.452. The summed E-state index contributed by atoms with van der Waals surface area (Å²) in [7, 11) is 0. The van der Waals surface area contributed by atoms with Crippen LogP contribution in [-0.4, -0.2) is 12.7 Å². The maximum Gasteiger partial charge on any atom is 0.0520 e. The summed E-state index contributed by atoms with van der Waals surface area (Å²) >= 11 is 0. The molecule has 0 bridgehead atoms. The Morgan fingerprint density at radius 2 is 1.70 bits per heavy atom. The number of hydrogen-bond donors (Lipinski definition) is 3. The van der Waals surface area contributed by atoms with Gasteiger partial charge in [0.2, 0.25) is 0 Å². The van der Waals surface area contributed by atoms with E-state index < -0.39 is 0 Å². The van der Waals surface area contributed by atoms with Gasteiger partial charge >= 0.3 is 0 Å². The first-order valence-corrected chi connectivity index (χ1v) is 3.88. The highest BCUT2D eigenvalue weighted by Gasteiger charge is 2.01. The van der Waals surface area contributed by atoms with Crippen molar-refractivity contribution in [2.75, 3.05) is 6.54 Å². The second kappa shape index (κ2) is 5.65. The highest BCUT2D eigenvalue weighted by Crippen LogP contribution is 2.08. The summed E-state index contributed by atoms with van der Waals surface area (Å²) in [4.78, 5) is 0. The third-order valence-electron chi connectivity index (χ3n) is 1.65. The van der Waals surface area contributed by atoms with Crippen LogP contribution in [0.4, 0.5) is 0 Å². The Morgan fingerprint density at radius 1 is 1.10 bits per heavy atom. The fourth-order valence-electron chi connectivity index (χ4n) is 0.906. The molecule has 6 N–H and O–H groups in total. The van der Waals surface area contributed by atoms with Gasteiger partial charge in [0.25, 0.3) is 0 Å². The summed E-state index contributed by atoms with van der Waals surface area (Å²) in [5.41, 5.74) is 16.1. The summed E-state index contributed by atoms with van der Waals surface area (Å²) in [6.45, 7) is 2.94. The first-order chi connectivity index (χ1) is 4.66. The van der Waals surface area contributed by atoms with Gasteiger partial charge in [-0.1, -0.05) is 6.92 Å². The van der Waals surface area contributed by atoms with E-state index in [1.54, 1.807) is 0 Å². The first kappa shape index (κ1) is 9.88. The summed E-state index contributed by atoms with van der Waals surface area (Å²) < 4.78 is 0. The van der Waals surface area contributed by atoms with E-state index in [0.717, 1.165) is 25.8 Å². The molecular weight excluding hydrogens is 126 g/mol. The van der Waals surface area contributed by atoms with E-state index in [2.05, 4.69) is 6.92 Å². The molecule has 62 valence electrons. The maximum atomic E-state index is 5.38. The van der Waals surface area contributed by atoms with Crippen LogP contribution in [0.5, 0.6) is 0 Å². The molecule has 0 aliphatic carbocycles. The molecule has 0 aromatic carbocycles. The highest BCUT2D eigenvalue weighted by atomic mass is 14.8. The second-order valence-electron chi connectivity index (χ2n) is 2.92. The van der Waals surface area contributed by atoms with Gasteiger partial charge in [-0.25, -0.2) is 0 Å². The molecule has 0 aliphatic heterocycles. The van der Waals surface area contributed by atoms with Gasteiger partial charge in [-0.2, -0.15) is 0 Å². The molecule has 10 heavy (non-hydrogen) atoms. The predicted octanol–water partition coefficient (Wildman–Crippen LogP) is -0.00500. The zero-order chi connectivity index (χ0) is 7.98. The van der Waals surface area contributed by atoms with Crippen molar-refractivity contribution >= 4 is 0 Å². The molecule has 1 atom stereocenters. The van der Waals surface area contributed by atoms with Gasteiger partial charge in [0.05, 0.1) is 6.17 Å². The molecule has 3 nitrogen and oxygen atoms in total. The Bertz CT molecular complexity index is 73.3. The molecule has 0 rings (SSSR count). The van der Waals surface area contributed by atoms with Gasteiger partial charge in [0.15, 0.2) is 0 Å². The number of hydrogen-bond acceptors (Lipinski definition) is 3. The molecule has 0 aliphatic rings. The maximum absolute atomic E-state index is 5.38. The monoisotopic (exact) mass is 145 g/mol. The smallest absolute Gasteiger partial charge is 0.0520 e. The van der Waals surface area contributed by atoms with Crippen LogP contribution in [0.25, 0.3) is 0 Å². The van der Waals surface area contributed by atoms with Gasteiger partial charge < -0.3 is 17.2 Å². The van der Waals surface area contributed by atoms with Crippen molar-refractivity contribution < 1.29 is 0 Å². The lowest BCUT2D eigenvalue weighted by Gasteiger charge is -2.10. The predicted molar refractivity (Wildman–Crippen MR) is 44.2 cm³/mol. The SMILES string of the molecule is CC(CCN)CCC(N)N. The first-order valence-electron chi connectivity index (χ1n) is 3.88. The largest absolute Gasteiger partial charge is 0.330 e. The van der Waals surface area contributed by atoms with Crippen LogP contribution in [0.1, 0.15) is 26.2 Å². The van der Waals surface area contributed by atoms with E-state index in [1.807, 2.05) is 0 Å². The second-order valence-corrected chi connectivity index (χ2v) is 2.92. The molecule has 0 fully saturated rings. The van der Waals surface area contributed by atoms with Crippen molar-refractivity contribution in [3.63, 3.8) is 0 Å². The van der Waals surface area contributed by atoms with Crippen molar-refractivity contribution in [2.24, 2.45) is 23.1 Å². The Kier molecular flexibility index (Phi) is 5.58. The zero-order valence-corrected chi connectivity index (χ0v) is 6.72. The van der Waals surface area contributed by atoms with Gasteiger partial charge in [0.1, 0.15) is 0 Å². The average molecular weight is 145 g/mol. The Hall–Kier alpha value is -0.120. The third kappa shape index (κ3) is 6.01. The summed E-state index contributed by atoms with van der Waals surface area (Å²) in [5, 5.41) is 0. The molecule has 0 aromatic rings. The van der Waals surface area contributed by atoms with Crippen LogP contribution in [0, 0.1) is 5.92 Å². The van der Waals surface area contributed by atoms with Crippen molar-refractivity contribution in [3.8, 4) is 0 Å². The van der Waals surface area contributed by atoms with Crippen LogP contribution in [0.2, 0.25) is 0 Å². The Labute approximate surface area is 62.9 Å². The lowest BCUT2D eigenvalue weighted by atomic mass is 10.0. The van der Waals surface area contributed by atoms with Gasteiger partial charge in [-0.15, -0.1) is 0 Å². The lowest BCUT2D eigenvalue weighted by Crippen LogP contribution is -2.30. The number of rotatable bonds is 5. The standard InChI is InChI=1S/C7H19N3/c1-6(4-5-8)2-3-7(9)10/h6-7H,2-5,8-10H2,1H3. The summed E-state index contributed by atoms with van der Waals surface area (Å²) in [6, 6.07) is 0. The van der Waals surface area contributed by atoms with Crippen molar-refractivity contribution in [2.45, 2.75) is 32.4 Å². The Morgan fingerprint density at radius 3 is 2.10 bits per heavy atom. The molecule has 0 spiro atoms. The average Bonchev–Trinajstić information content (AvgIpc) is 1.85. The fraction of sp³-hybridized carbons (Fsp3) is 1.00. The zero-order valence-electron chi connectivity index (χ0n) is 6.72. The van der Waals surface area contributed by atoms with Crippen LogP contribution >= 0.6 is 0 Å². The van der Waals surface area contributed by atoms with E-state index >= 15 is 0 Å². The minimum absolute atomic E-state index is 0.153. The molecule has 0 aromatic heterocycles. The summed E-state index contributed by atoms with van der Waals surface area (Å²) in [6.07, 6.45) is 2.92. The van der Waals surface area contributed by atoms with E-state index in [0.29, 0.717) is 5.92 Å². The molecule has 0 amide bonds. The quantitative estimate of drug-likeness (QED) is 0.476. The van der Waals surface area contributed by atoms with E-state index in [-0.39, 0.29) is 6.17 Å². The minimum Gasteiger partial charge on any atom is -0.330 e. The van der Waals surface area contributed by atoms with Crippen molar-refractivity contribution in [1.82, 2.24) is 0 Å². The number of nitrogens with two attached hydrogens (primary N) is 3. The van der Waals surface area contributed by atoms with Crippen molar-refractivity contribution in [1.29, 1.82) is 0 Å². The fourth-order valence-corrected chi connectivity index (χ4v) is 0.906. The highest BCUT2D eigenvalue weighted by molar-refractivity contribution is 4.57. The van der Waals surface area contributed by atoms with Gasteiger partial charge in [-0.3, -0.25) is 0 Å². The topological polar surface area (TPSA) is 78.1 Å². The van der Waals surface area contributed by atoms with Gasteiger partial charge in [-0.05, 0) is 31.7 Å². The van der Waals surface area contributed by atoms with Crippen molar-refractivity contribution in [3.05, 3.63) is 0 Å². The molecule has 3 heteroatoms. The molecule has 0 saturated carbocycles. The third-order valence-corrected chi connectivity index (χ3v) is 1.65. The van der Waals surface area contributed by atoms with Crippen LogP contribution in [0.15, 0.2) is 0 Å². The van der Waals surface area contributed by atoms with E-state index in [4.69, 9.17) is 17.2 Å². The molecular formula is C7H19N3. The normalized spacial score (nSPS) is 14.1. The van der Waals surface area contributed by atoms with Crippen LogP contribution in [0.3, 0.4) is 0 Å². The molecule has 0 radical (unpaired) electrons. The van der Waals surface area contributed by atoms with E-state index in [1.165, 1.54) is 0 Å². The molecule has 0 heterocycles. The van der Waals surface area contributed by atoms with Gasteiger partial charge in [0, 0.05) is 0 Å². The summed E-state index contributed by atoms with van der Waals surface area (Å²) in [5.74, 6) is 0.666. The molecule has 1 unspecified atom stereocenters. The molecule has 0 saturated heterocycles. The van der Waals surface area contributed by atoms with E-state index in [9.17, 15) is 0 Å². The van der Waals surface area contributed by atoms with Crippen LogP contribution < -0.4 is 17.2 Å². The van der Waals surface area contributed by atoms with Crippen LogP contribution in [-0.2, 0) is 0 Å². The Balaban J connectivity index is 3.12. The minimum atomic E-state index is -0.153.